The average molecular weight is 284 g/mol. The maximum atomic E-state index is 12.0. The van der Waals surface area contributed by atoms with E-state index in [-0.39, 0.29) is 17.4 Å². The standard InChI is InChI=1S/C16H16N2O3/c1-10-3-5-13(11(2)7-10)16(21)18-17-9-12-4-6-14(19)15(20)8-12/h3-9,19-20H,1-2H3,(H,18,21)/b17-9+. The van der Waals surface area contributed by atoms with Crippen LogP contribution in [0.1, 0.15) is 27.0 Å². The zero-order valence-corrected chi connectivity index (χ0v) is 11.8. The van der Waals surface area contributed by atoms with E-state index in [4.69, 9.17) is 0 Å². The van der Waals surface area contributed by atoms with Gasteiger partial charge in [-0.3, -0.25) is 4.79 Å². The molecule has 0 aliphatic carbocycles. The van der Waals surface area contributed by atoms with Crippen LogP contribution >= 0.6 is 0 Å². The highest BCUT2D eigenvalue weighted by Gasteiger charge is 2.07. The average Bonchev–Trinajstić information content (AvgIpc) is 2.42. The van der Waals surface area contributed by atoms with Crippen LogP contribution < -0.4 is 5.43 Å². The second kappa shape index (κ2) is 6.09. The molecule has 2 aromatic carbocycles. The molecular formula is C16H16N2O3. The third-order valence-electron chi connectivity index (χ3n) is 3.01. The minimum Gasteiger partial charge on any atom is -0.504 e. The Hall–Kier alpha value is -2.82. The summed E-state index contributed by atoms with van der Waals surface area (Å²) in [5, 5.41) is 22.4. The van der Waals surface area contributed by atoms with Gasteiger partial charge in [-0.05, 0) is 49.2 Å². The summed E-state index contributed by atoms with van der Waals surface area (Å²) in [7, 11) is 0. The molecule has 21 heavy (non-hydrogen) atoms. The number of carbonyl (C=O) groups excluding carboxylic acids is 1. The first kappa shape index (κ1) is 14.6. The number of rotatable bonds is 3. The minimum absolute atomic E-state index is 0.202. The van der Waals surface area contributed by atoms with Crippen LogP contribution in [0.25, 0.3) is 0 Å². The largest absolute Gasteiger partial charge is 0.504 e. The molecule has 2 aromatic rings. The number of nitrogens with zero attached hydrogens (tertiary/aromatic N) is 1. The van der Waals surface area contributed by atoms with Crippen LogP contribution in [0.3, 0.4) is 0 Å². The summed E-state index contributed by atoms with van der Waals surface area (Å²) in [6, 6.07) is 9.81. The van der Waals surface area contributed by atoms with Crippen molar-refractivity contribution in [3.63, 3.8) is 0 Å². The zero-order valence-electron chi connectivity index (χ0n) is 11.8. The number of hydrazone groups is 1. The monoisotopic (exact) mass is 284 g/mol. The fourth-order valence-electron chi connectivity index (χ4n) is 1.91. The Kier molecular flexibility index (Phi) is 4.23. The van der Waals surface area contributed by atoms with E-state index in [1.165, 1.54) is 18.3 Å². The second-order valence-electron chi connectivity index (χ2n) is 4.77. The van der Waals surface area contributed by atoms with Gasteiger partial charge < -0.3 is 10.2 Å². The summed E-state index contributed by atoms with van der Waals surface area (Å²) in [5.41, 5.74) is 5.52. The number of aryl methyl sites for hydroxylation is 2. The molecule has 5 heteroatoms. The number of phenolic OH excluding ortho intramolecular Hbond substituents is 2. The number of hydrogen-bond acceptors (Lipinski definition) is 4. The molecule has 0 saturated heterocycles. The third-order valence-corrected chi connectivity index (χ3v) is 3.01. The van der Waals surface area contributed by atoms with Crippen LogP contribution in [0.2, 0.25) is 0 Å². The van der Waals surface area contributed by atoms with Crippen LogP contribution in [0.5, 0.6) is 11.5 Å². The van der Waals surface area contributed by atoms with Gasteiger partial charge in [0.2, 0.25) is 0 Å². The fraction of sp³-hybridized carbons (Fsp3) is 0.125. The number of nitrogens with one attached hydrogen (secondary N) is 1. The van der Waals surface area contributed by atoms with Crippen LogP contribution in [0, 0.1) is 13.8 Å². The molecule has 0 atom stereocenters. The molecule has 0 heterocycles. The van der Waals surface area contributed by atoms with Gasteiger partial charge in [-0.2, -0.15) is 5.10 Å². The van der Waals surface area contributed by atoms with Gasteiger partial charge in [-0.25, -0.2) is 5.43 Å². The maximum Gasteiger partial charge on any atom is 0.271 e. The van der Waals surface area contributed by atoms with Gasteiger partial charge in [-0.1, -0.05) is 17.7 Å². The predicted molar refractivity (Wildman–Crippen MR) is 80.7 cm³/mol. The smallest absolute Gasteiger partial charge is 0.271 e. The van der Waals surface area contributed by atoms with Crippen molar-refractivity contribution in [2.75, 3.05) is 0 Å². The molecule has 0 unspecified atom stereocenters. The third kappa shape index (κ3) is 3.60. The molecule has 0 saturated carbocycles. The first-order valence-electron chi connectivity index (χ1n) is 6.40. The first-order chi connectivity index (χ1) is 9.97. The van der Waals surface area contributed by atoms with Gasteiger partial charge in [0, 0.05) is 5.56 Å². The highest BCUT2D eigenvalue weighted by atomic mass is 16.3. The molecule has 0 radical (unpaired) electrons. The lowest BCUT2D eigenvalue weighted by Gasteiger charge is -2.05. The summed E-state index contributed by atoms with van der Waals surface area (Å²) < 4.78 is 0. The summed E-state index contributed by atoms with van der Waals surface area (Å²) in [6.07, 6.45) is 1.39. The number of aromatic hydroxyl groups is 2. The van der Waals surface area contributed by atoms with E-state index in [2.05, 4.69) is 10.5 Å². The van der Waals surface area contributed by atoms with E-state index in [0.29, 0.717) is 11.1 Å². The van der Waals surface area contributed by atoms with Crippen LogP contribution in [-0.2, 0) is 0 Å². The molecule has 0 spiro atoms. The summed E-state index contributed by atoms with van der Waals surface area (Å²) in [5.74, 6) is -0.738. The topological polar surface area (TPSA) is 81.9 Å². The van der Waals surface area contributed by atoms with E-state index in [1.54, 1.807) is 12.1 Å². The molecule has 0 aliphatic rings. The van der Waals surface area contributed by atoms with Gasteiger partial charge in [0.1, 0.15) is 0 Å². The molecular weight excluding hydrogens is 268 g/mol. The summed E-state index contributed by atoms with van der Waals surface area (Å²) >= 11 is 0. The second-order valence-corrected chi connectivity index (χ2v) is 4.77. The molecule has 0 bridgehead atoms. The molecule has 2 rings (SSSR count). The van der Waals surface area contributed by atoms with Crippen molar-refractivity contribution in [3.05, 3.63) is 58.7 Å². The van der Waals surface area contributed by atoms with Crippen molar-refractivity contribution in [2.24, 2.45) is 5.10 Å². The molecule has 108 valence electrons. The van der Waals surface area contributed by atoms with E-state index >= 15 is 0 Å². The number of carbonyl (C=O) groups is 1. The Morgan fingerprint density at radius 2 is 1.86 bits per heavy atom. The van der Waals surface area contributed by atoms with Crippen molar-refractivity contribution in [1.29, 1.82) is 0 Å². The van der Waals surface area contributed by atoms with Crippen molar-refractivity contribution < 1.29 is 15.0 Å². The van der Waals surface area contributed by atoms with Crippen molar-refractivity contribution >= 4 is 12.1 Å². The van der Waals surface area contributed by atoms with E-state index in [9.17, 15) is 15.0 Å². The lowest BCUT2D eigenvalue weighted by Crippen LogP contribution is -2.18. The fourth-order valence-corrected chi connectivity index (χ4v) is 1.91. The number of benzene rings is 2. The van der Waals surface area contributed by atoms with E-state index in [1.807, 2.05) is 26.0 Å². The number of hydrogen-bond donors (Lipinski definition) is 3. The lowest BCUT2D eigenvalue weighted by molar-refractivity contribution is 0.0954. The predicted octanol–water partition coefficient (Wildman–Crippen LogP) is 2.48. The van der Waals surface area contributed by atoms with Crippen LogP contribution in [0.15, 0.2) is 41.5 Å². The number of phenols is 2. The number of amides is 1. The zero-order chi connectivity index (χ0) is 15.4. The van der Waals surface area contributed by atoms with Crippen molar-refractivity contribution in [2.45, 2.75) is 13.8 Å². The van der Waals surface area contributed by atoms with E-state index < -0.39 is 0 Å². The normalized spacial score (nSPS) is 10.8. The lowest BCUT2D eigenvalue weighted by atomic mass is 10.1. The van der Waals surface area contributed by atoms with Gasteiger partial charge in [0.25, 0.3) is 5.91 Å². The summed E-state index contributed by atoms with van der Waals surface area (Å²) in [6.45, 7) is 3.83. The Morgan fingerprint density at radius 3 is 2.52 bits per heavy atom. The van der Waals surface area contributed by atoms with Crippen LogP contribution in [-0.4, -0.2) is 22.3 Å². The van der Waals surface area contributed by atoms with Crippen molar-refractivity contribution in [3.8, 4) is 11.5 Å². The maximum absolute atomic E-state index is 12.0. The molecule has 5 nitrogen and oxygen atoms in total. The Morgan fingerprint density at radius 1 is 1.10 bits per heavy atom. The highest BCUT2D eigenvalue weighted by Crippen LogP contribution is 2.23. The SMILES string of the molecule is Cc1ccc(C(=O)N/N=C/c2ccc(O)c(O)c2)c(C)c1. The minimum atomic E-state index is -0.299. The quantitative estimate of drug-likeness (QED) is 0.460. The Balaban J connectivity index is 2.06. The Labute approximate surface area is 122 Å². The molecule has 0 aliphatic heterocycles. The molecule has 0 fully saturated rings. The molecule has 1 amide bonds. The Bertz CT molecular complexity index is 709. The van der Waals surface area contributed by atoms with Gasteiger partial charge in [0.15, 0.2) is 11.5 Å². The van der Waals surface area contributed by atoms with Gasteiger partial charge in [0.05, 0.1) is 6.21 Å². The summed E-state index contributed by atoms with van der Waals surface area (Å²) in [4.78, 5) is 12.0. The van der Waals surface area contributed by atoms with Gasteiger partial charge in [-0.15, -0.1) is 0 Å². The van der Waals surface area contributed by atoms with Crippen LogP contribution in [0.4, 0.5) is 0 Å². The van der Waals surface area contributed by atoms with E-state index in [0.717, 1.165) is 11.1 Å². The van der Waals surface area contributed by atoms with Gasteiger partial charge >= 0.3 is 0 Å². The first-order valence-corrected chi connectivity index (χ1v) is 6.40. The molecule has 0 aromatic heterocycles. The molecule has 3 N–H and O–H groups in total. The van der Waals surface area contributed by atoms with Crippen molar-refractivity contribution in [1.82, 2.24) is 5.43 Å². The highest BCUT2D eigenvalue weighted by molar-refractivity contribution is 5.96.